The van der Waals surface area contributed by atoms with Crippen LogP contribution in [-0.2, 0) is 15.6 Å². The highest BCUT2D eigenvalue weighted by atomic mass is 33.1. The van der Waals surface area contributed by atoms with Crippen LogP contribution in [0.25, 0.3) is 11.1 Å². The lowest BCUT2D eigenvalue weighted by Gasteiger charge is -2.05. The van der Waals surface area contributed by atoms with Gasteiger partial charge in [-0.2, -0.15) is 8.42 Å². The molecule has 0 radical (unpaired) electrons. The fourth-order valence-corrected chi connectivity index (χ4v) is 4.11. The van der Waals surface area contributed by atoms with Crippen LogP contribution in [0.1, 0.15) is 11.1 Å². The Kier molecular flexibility index (Phi) is 2.69. The summed E-state index contributed by atoms with van der Waals surface area (Å²) >= 11 is 0. The summed E-state index contributed by atoms with van der Waals surface area (Å²) in [6, 6.07) is 13.5. The zero-order valence-electron chi connectivity index (χ0n) is 9.33. The second-order valence-electron chi connectivity index (χ2n) is 4.13. The molecule has 0 fully saturated rings. The van der Waals surface area contributed by atoms with Crippen molar-refractivity contribution in [3.05, 3.63) is 53.6 Å². The van der Waals surface area contributed by atoms with E-state index in [1.807, 2.05) is 36.4 Å². The summed E-state index contributed by atoms with van der Waals surface area (Å²) in [5, 5.41) is 0. The first-order valence-electron chi connectivity index (χ1n) is 5.42. The molecule has 0 aromatic heterocycles. The van der Waals surface area contributed by atoms with Crippen LogP contribution < -0.4 is 0 Å². The van der Waals surface area contributed by atoms with Gasteiger partial charge < -0.3 is 0 Å². The van der Waals surface area contributed by atoms with Crippen LogP contribution in [0.4, 0.5) is 0 Å². The van der Waals surface area contributed by atoms with Gasteiger partial charge in [0.05, 0.1) is 0 Å². The summed E-state index contributed by atoms with van der Waals surface area (Å²) in [5.74, 6) is 0. The molecule has 92 valence electrons. The maximum atomic E-state index is 11.0. The molecule has 0 saturated heterocycles. The van der Waals surface area contributed by atoms with Gasteiger partial charge in [0.2, 0.25) is 0 Å². The number of benzene rings is 2. The Morgan fingerprint density at radius 2 is 1.72 bits per heavy atom. The Labute approximate surface area is 109 Å². The summed E-state index contributed by atoms with van der Waals surface area (Å²) in [6.45, 7) is 0. The van der Waals surface area contributed by atoms with Gasteiger partial charge in [-0.3, -0.25) is 4.55 Å². The van der Waals surface area contributed by atoms with Crippen LogP contribution in [0.3, 0.4) is 0 Å². The molecule has 0 saturated carbocycles. The molecule has 0 unspecified atom stereocenters. The first kappa shape index (κ1) is 11.8. The zero-order chi connectivity index (χ0) is 12.8. The number of fused-ring (bicyclic) bond motifs is 3. The average Bonchev–Trinajstić information content (AvgIpc) is 2.67. The van der Waals surface area contributed by atoms with Crippen molar-refractivity contribution in [1.82, 2.24) is 0 Å². The van der Waals surface area contributed by atoms with Crippen molar-refractivity contribution < 1.29 is 13.0 Å². The molecule has 2 aromatic carbocycles. The fraction of sp³-hybridized carbons (Fsp3) is 0.0769. The van der Waals surface area contributed by atoms with Crippen LogP contribution in [0, 0.1) is 0 Å². The van der Waals surface area contributed by atoms with Crippen molar-refractivity contribution in [3.63, 3.8) is 0 Å². The molecular weight excluding hydrogens is 268 g/mol. The van der Waals surface area contributed by atoms with Gasteiger partial charge in [0.25, 0.3) is 0 Å². The molecule has 1 N–H and O–H groups in total. The van der Waals surface area contributed by atoms with Crippen LogP contribution in [-0.4, -0.2) is 13.0 Å². The van der Waals surface area contributed by atoms with E-state index in [9.17, 15) is 8.42 Å². The average molecular weight is 278 g/mol. The smallest absolute Gasteiger partial charge is 0.277 e. The van der Waals surface area contributed by atoms with E-state index < -0.39 is 9.15 Å². The normalized spacial score (nSPS) is 13.2. The van der Waals surface area contributed by atoms with E-state index in [0.717, 1.165) is 16.7 Å². The van der Waals surface area contributed by atoms with Crippen LogP contribution in [0.15, 0.2) is 47.4 Å². The first-order valence-corrected chi connectivity index (χ1v) is 8.19. The van der Waals surface area contributed by atoms with Gasteiger partial charge in [0.1, 0.15) is 0 Å². The molecule has 3 nitrogen and oxygen atoms in total. The number of hydrogen-bond acceptors (Lipinski definition) is 3. The standard InChI is InChI=1S/C13H10O3S2/c14-18(15,16)17-13-7-3-6-11-10-5-2-1-4-9(10)8-12(11)13/h1-7H,8H2,(H,14,15,16). The van der Waals surface area contributed by atoms with Gasteiger partial charge in [-0.1, -0.05) is 36.4 Å². The van der Waals surface area contributed by atoms with Gasteiger partial charge in [-0.25, -0.2) is 0 Å². The predicted molar refractivity (Wildman–Crippen MR) is 72.1 cm³/mol. The molecule has 0 heterocycles. The molecule has 0 atom stereocenters. The lowest BCUT2D eigenvalue weighted by molar-refractivity contribution is 0.503. The van der Waals surface area contributed by atoms with E-state index >= 15 is 0 Å². The van der Waals surface area contributed by atoms with Crippen molar-refractivity contribution in [3.8, 4) is 11.1 Å². The maximum absolute atomic E-state index is 11.0. The van der Waals surface area contributed by atoms with E-state index in [2.05, 4.69) is 0 Å². The molecule has 5 heteroatoms. The molecule has 0 bridgehead atoms. The summed E-state index contributed by atoms with van der Waals surface area (Å²) < 4.78 is 30.9. The Morgan fingerprint density at radius 3 is 2.50 bits per heavy atom. The molecule has 0 spiro atoms. The Hall–Kier alpha value is -1.30. The third-order valence-electron chi connectivity index (χ3n) is 3.00. The second-order valence-corrected chi connectivity index (χ2v) is 7.35. The van der Waals surface area contributed by atoms with E-state index in [0.29, 0.717) is 22.1 Å². The third kappa shape index (κ3) is 2.05. The minimum atomic E-state index is -4.07. The molecule has 2 aromatic rings. The topological polar surface area (TPSA) is 54.4 Å². The van der Waals surface area contributed by atoms with Crippen molar-refractivity contribution in [2.24, 2.45) is 0 Å². The maximum Gasteiger partial charge on any atom is 0.324 e. The fourth-order valence-electron chi connectivity index (χ4n) is 2.32. The van der Waals surface area contributed by atoms with Gasteiger partial charge in [0, 0.05) is 15.7 Å². The summed E-state index contributed by atoms with van der Waals surface area (Å²) in [5.41, 5.74) is 4.36. The quantitative estimate of drug-likeness (QED) is 0.578. The largest absolute Gasteiger partial charge is 0.324 e. The minimum absolute atomic E-state index is 0.504. The minimum Gasteiger partial charge on any atom is -0.277 e. The summed E-state index contributed by atoms with van der Waals surface area (Å²) in [6.07, 6.45) is 0.712. The predicted octanol–water partition coefficient (Wildman–Crippen LogP) is 3.15. The second kappa shape index (κ2) is 4.12. The lowest BCUT2D eigenvalue weighted by Crippen LogP contribution is -1.92. The number of hydrogen-bond donors (Lipinski definition) is 1. The van der Waals surface area contributed by atoms with E-state index in [4.69, 9.17) is 4.55 Å². The van der Waals surface area contributed by atoms with Gasteiger partial charge >= 0.3 is 9.15 Å². The molecule has 1 aliphatic carbocycles. The van der Waals surface area contributed by atoms with Crippen molar-refractivity contribution in [2.75, 3.05) is 0 Å². The van der Waals surface area contributed by atoms with E-state index in [-0.39, 0.29) is 0 Å². The van der Waals surface area contributed by atoms with Crippen molar-refractivity contribution in [2.45, 2.75) is 11.3 Å². The molecule has 0 aliphatic heterocycles. The van der Waals surface area contributed by atoms with Gasteiger partial charge in [-0.15, -0.1) is 0 Å². The molecule has 0 amide bonds. The first-order chi connectivity index (χ1) is 8.54. The summed E-state index contributed by atoms with van der Waals surface area (Å²) in [4.78, 5) is 0.603. The van der Waals surface area contributed by atoms with E-state index in [1.54, 1.807) is 6.07 Å². The highest BCUT2D eigenvalue weighted by Gasteiger charge is 2.22. The van der Waals surface area contributed by atoms with Crippen LogP contribution >= 0.6 is 10.8 Å². The third-order valence-corrected chi connectivity index (χ3v) is 4.95. The number of rotatable bonds is 2. The summed E-state index contributed by atoms with van der Waals surface area (Å²) in [7, 11) is -3.56. The molecule has 1 aliphatic rings. The van der Waals surface area contributed by atoms with Crippen LogP contribution in [0.2, 0.25) is 0 Å². The highest BCUT2D eigenvalue weighted by molar-refractivity contribution is 8.69. The Morgan fingerprint density at radius 1 is 1.00 bits per heavy atom. The highest BCUT2D eigenvalue weighted by Crippen LogP contribution is 2.41. The van der Waals surface area contributed by atoms with Gasteiger partial charge in [0.15, 0.2) is 0 Å². The SMILES string of the molecule is O=S(=O)(O)Sc1cccc2c1Cc1ccccc1-2. The Balaban J connectivity index is 2.14. The monoisotopic (exact) mass is 278 g/mol. The van der Waals surface area contributed by atoms with Crippen molar-refractivity contribution in [1.29, 1.82) is 0 Å². The van der Waals surface area contributed by atoms with Crippen molar-refractivity contribution >= 4 is 19.9 Å². The van der Waals surface area contributed by atoms with E-state index in [1.165, 1.54) is 5.56 Å². The van der Waals surface area contributed by atoms with Gasteiger partial charge in [-0.05, 0) is 34.7 Å². The van der Waals surface area contributed by atoms with Crippen LogP contribution in [0.5, 0.6) is 0 Å². The Bertz CT molecular complexity index is 721. The molecular formula is C13H10O3S2. The lowest BCUT2D eigenvalue weighted by atomic mass is 10.1. The molecule has 3 rings (SSSR count). The zero-order valence-corrected chi connectivity index (χ0v) is 11.0. The molecule has 18 heavy (non-hydrogen) atoms.